The normalized spacial score (nSPS) is 19.5. The largest absolute Gasteiger partial charge is 0.496 e. The third kappa shape index (κ3) is 6.38. The fourth-order valence-corrected chi connectivity index (χ4v) is 6.63. The molecular weight excluding hydrogens is 469 g/mol. The number of carbonyl (C=O) groups excluding carboxylic acids is 1. The molecule has 0 unspecified atom stereocenters. The number of ether oxygens (including phenoxy) is 1. The van der Waals surface area contributed by atoms with Crippen LogP contribution in [0, 0.1) is 12.7 Å². The van der Waals surface area contributed by atoms with E-state index in [-0.39, 0.29) is 35.4 Å². The molecular formula is C23H37ClFN3O4S. The molecule has 1 saturated heterocycles. The van der Waals surface area contributed by atoms with E-state index in [1.807, 2.05) is 6.92 Å². The van der Waals surface area contributed by atoms with E-state index in [1.165, 1.54) is 25.7 Å². The average molecular weight is 506 g/mol. The second-order valence-electron chi connectivity index (χ2n) is 8.97. The van der Waals surface area contributed by atoms with E-state index in [4.69, 9.17) is 4.74 Å². The summed E-state index contributed by atoms with van der Waals surface area (Å²) in [7, 11) is -1.76. The van der Waals surface area contributed by atoms with Crippen LogP contribution in [-0.4, -0.2) is 74.7 Å². The maximum Gasteiger partial charge on any atom is 0.255 e. The first-order valence-electron chi connectivity index (χ1n) is 11.6. The van der Waals surface area contributed by atoms with E-state index in [2.05, 4.69) is 10.2 Å². The van der Waals surface area contributed by atoms with Crippen LogP contribution in [0.5, 0.6) is 5.75 Å². The third-order valence-electron chi connectivity index (χ3n) is 6.84. The second-order valence-corrected chi connectivity index (χ2v) is 11.1. The van der Waals surface area contributed by atoms with E-state index < -0.39 is 15.8 Å². The molecule has 2 fully saturated rings. The first-order chi connectivity index (χ1) is 15.2. The summed E-state index contributed by atoms with van der Waals surface area (Å²) in [6, 6.07) is 2.57. The molecule has 188 valence electrons. The number of piperazine rings is 1. The van der Waals surface area contributed by atoms with Crippen LogP contribution in [0.3, 0.4) is 0 Å². The average Bonchev–Trinajstić information content (AvgIpc) is 2.77. The lowest BCUT2D eigenvalue weighted by atomic mass is 9.79. The number of hydrogen-bond donors (Lipinski definition) is 1. The van der Waals surface area contributed by atoms with Crippen molar-refractivity contribution >= 4 is 28.3 Å². The van der Waals surface area contributed by atoms with Crippen molar-refractivity contribution in [3.63, 3.8) is 0 Å². The van der Waals surface area contributed by atoms with Crippen molar-refractivity contribution in [3.05, 3.63) is 29.1 Å². The summed E-state index contributed by atoms with van der Waals surface area (Å²) in [6.07, 6.45) is 5.89. The fraction of sp³-hybridized carbons (Fsp3) is 0.696. The number of halogens is 2. The Morgan fingerprint density at radius 3 is 2.36 bits per heavy atom. The summed E-state index contributed by atoms with van der Waals surface area (Å²) in [6.45, 7) is 6.37. The molecule has 0 atom stereocenters. The number of carbonyl (C=O) groups is 1. The van der Waals surface area contributed by atoms with Crippen molar-refractivity contribution < 1.29 is 22.3 Å². The van der Waals surface area contributed by atoms with Gasteiger partial charge < -0.3 is 10.1 Å². The first kappa shape index (κ1) is 27.8. The van der Waals surface area contributed by atoms with Gasteiger partial charge in [0.1, 0.15) is 11.6 Å². The van der Waals surface area contributed by atoms with Gasteiger partial charge in [-0.05, 0) is 37.8 Å². The van der Waals surface area contributed by atoms with Crippen molar-refractivity contribution in [2.75, 3.05) is 45.6 Å². The van der Waals surface area contributed by atoms with Crippen molar-refractivity contribution in [1.29, 1.82) is 0 Å². The molecule has 1 aliphatic carbocycles. The minimum atomic E-state index is -3.19. The Hall–Kier alpha value is -1.42. The minimum Gasteiger partial charge on any atom is -0.496 e. The van der Waals surface area contributed by atoms with Gasteiger partial charge in [-0.2, -0.15) is 4.31 Å². The predicted octanol–water partition coefficient (Wildman–Crippen LogP) is 3.35. The summed E-state index contributed by atoms with van der Waals surface area (Å²) in [5.74, 6) is -0.288. The lowest BCUT2D eigenvalue weighted by Gasteiger charge is -2.49. The van der Waals surface area contributed by atoms with Gasteiger partial charge in [-0.3, -0.25) is 9.69 Å². The predicted molar refractivity (Wildman–Crippen MR) is 130 cm³/mol. The Morgan fingerprint density at radius 2 is 1.79 bits per heavy atom. The number of nitrogens with one attached hydrogen (secondary N) is 1. The van der Waals surface area contributed by atoms with E-state index in [0.717, 1.165) is 25.7 Å². The van der Waals surface area contributed by atoms with Crippen molar-refractivity contribution in [2.24, 2.45) is 0 Å². The number of nitrogens with zero attached hydrogens (tertiary/aromatic N) is 2. The van der Waals surface area contributed by atoms with Crippen LogP contribution >= 0.6 is 12.4 Å². The summed E-state index contributed by atoms with van der Waals surface area (Å²) >= 11 is 0. The Kier molecular flexibility index (Phi) is 9.96. The molecule has 3 rings (SSSR count). The highest BCUT2D eigenvalue weighted by Crippen LogP contribution is 2.34. The quantitative estimate of drug-likeness (QED) is 0.586. The summed E-state index contributed by atoms with van der Waals surface area (Å²) in [5.41, 5.74) is 0.706. The maximum absolute atomic E-state index is 13.7. The molecule has 1 saturated carbocycles. The molecule has 7 nitrogen and oxygen atoms in total. The monoisotopic (exact) mass is 505 g/mol. The summed E-state index contributed by atoms with van der Waals surface area (Å²) < 4.78 is 45.5. The topological polar surface area (TPSA) is 79.0 Å². The number of sulfonamides is 1. The van der Waals surface area contributed by atoms with Gasteiger partial charge in [-0.1, -0.05) is 26.2 Å². The second kappa shape index (κ2) is 11.8. The van der Waals surface area contributed by atoms with Gasteiger partial charge in [0, 0.05) is 44.3 Å². The number of amides is 1. The highest BCUT2D eigenvalue weighted by molar-refractivity contribution is 7.89. The van der Waals surface area contributed by atoms with Gasteiger partial charge in [0.2, 0.25) is 10.0 Å². The Labute approximate surface area is 203 Å². The standard InChI is InChI=1S/C23H36FN3O4S.ClH/c1-4-14-32(29,30)27-12-10-26(11-13-27)23(8-6-5-7-9-23)17-25-22(28)21-18(2)15-19(24)16-20(21)31-3;/h15-16H,4-14,17H2,1-3H3,(H,25,28);1H. The van der Waals surface area contributed by atoms with Crippen molar-refractivity contribution in [3.8, 4) is 5.75 Å². The molecule has 1 N–H and O–H groups in total. The van der Waals surface area contributed by atoms with Crippen molar-refractivity contribution in [2.45, 2.75) is 57.9 Å². The van der Waals surface area contributed by atoms with Gasteiger partial charge in [-0.25, -0.2) is 12.8 Å². The Morgan fingerprint density at radius 1 is 1.15 bits per heavy atom. The lowest BCUT2D eigenvalue weighted by molar-refractivity contribution is 0.0240. The zero-order valence-electron chi connectivity index (χ0n) is 19.9. The van der Waals surface area contributed by atoms with Crippen molar-refractivity contribution in [1.82, 2.24) is 14.5 Å². The molecule has 0 radical (unpaired) electrons. The minimum absolute atomic E-state index is 0. The molecule has 0 aromatic heterocycles. The van der Waals surface area contributed by atoms with Crippen LogP contribution < -0.4 is 10.1 Å². The third-order valence-corrected chi connectivity index (χ3v) is 8.91. The van der Waals surface area contributed by atoms with Gasteiger partial charge in [0.05, 0.1) is 18.4 Å². The zero-order chi connectivity index (χ0) is 23.4. The Bertz CT molecular complexity index is 915. The zero-order valence-corrected chi connectivity index (χ0v) is 21.5. The number of methoxy groups -OCH3 is 1. The van der Waals surface area contributed by atoms with Gasteiger partial charge in [-0.15, -0.1) is 12.4 Å². The van der Waals surface area contributed by atoms with Gasteiger partial charge in [0.15, 0.2) is 0 Å². The Balaban J connectivity index is 0.00000385. The van der Waals surface area contributed by atoms with Crippen LogP contribution in [0.2, 0.25) is 0 Å². The van der Waals surface area contributed by atoms with Gasteiger partial charge in [0.25, 0.3) is 5.91 Å². The van der Waals surface area contributed by atoms with Gasteiger partial charge >= 0.3 is 0 Å². The van der Waals surface area contributed by atoms with E-state index in [1.54, 1.807) is 11.2 Å². The number of hydrogen-bond acceptors (Lipinski definition) is 5. The molecule has 33 heavy (non-hydrogen) atoms. The van der Waals surface area contributed by atoms with Crippen LogP contribution in [0.1, 0.15) is 61.4 Å². The molecule has 1 amide bonds. The fourth-order valence-electron chi connectivity index (χ4n) is 5.14. The number of aryl methyl sites for hydroxylation is 1. The molecule has 1 aromatic rings. The van der Waals surface area contributed by atoms with Crippen LogP contribution in [-0.2, 0) is 10.0 Å². The lowest BCUT2D eigenvalue weighted by Crippen LogP contribution is -2.62. The summed E-state index contributed by atoms with van der Waals surface area (Å²) in [4.78, 5) is 15.4. The molecule has 0 bridgehead atoms. The number of benzene rings is 1. The van der Waals surface area contributed by atoms with E-state index >= 15 is 0 Å². The molecule has 1 heterocycles. The number of rotatable bonds is 8. The molecule has 2 aliphatic rings. The SMILES string of the molecule is CCCS(=O)(=O)N1CCN(C2(CNC(=O)c3c(C)cc(F)cc3OC)CCCCC2)CC1.Cl. The van der Waals surface area contributed by atoms with Crippen LogP contribution in [0.4, 0.5) is 4.39 Å². The molecule has 0 spiro atoms. The maximum atomic E-state index is 13.7. The highest BCUT2D eigenvalue weighted by atomic mass is 35.5. The van der Waals surface area contributed by atoms with E-state index in [0.29, 0.717) is 50.3 Å². The smallest absolute Gasteiger partial charge is 0.255 e. The first-order valence-corrected chi connectivity index (χ1v) is 13.2. The van der Waals surface area contributed by atoms with E-state index in [9.17, 15) is 17.6 Å². The van der Waals surface area contributed by atoms with Crippen LogP contribution in [0.15, 0.2) is 12.1 Å². The molecule has 10 heteroatoms. The highest BCUT2D eigenvalue weighted by Gasteiger charge is 2.41. The molecule has 1 aliphatic heterocycles. The van der Waals surface area contributed by atoms with Crippen LogP contribution in [0.25, 0.3) is 0 Å². The summed E-state index contributed by atoms with van der Waals surface area (Å²) in [5, 5.41) is 3.09. The molecule has 1 aromatic carbocycles.